The van der Waals surface area contributed by atoms with E-state index in [1.54, 1.807) is 0 Å². The highest BCUT2D eigenvalue weighted by molar-refractivity contribution is 5.24. The molecule has 2 nitrogen and oxygen atoms in total. The highest BCUT2D eigenvalue weighted by Crippen LogP contribution is 2.18. The smallest absolute Gasteiger partial charge is 0.129 e. The fourth-order valence-corrected chi connectivity index (χ4v) is 1.71. The van der Waals surface area contributed by atoms with Gasteiger partial charge in [0.25, 0.3) is 0 Å². The standard InChI is InChI=1S/C11H13F2NO/c12-8-4-9(13)6-11(5-8)15-10-2-1-3-14-7-10/h4-6,10,14H,1-3,7H2/t10-/m1/s1. The molecule has 0 saturated carbocycles. The summed E-state index contributed by atoms with van der Waals surface area (Å²) in [6, 6.07) is 3.25. The molecular formula is C11H13F2NO. The van der Waals surface area contributed by atoms with Crippen molar-refractivity contribution in [1.82, 2.24) is 5.32 Å². The van der Waals surface area contributed by atoms with Crippen LogP contribution >= 0.6 is 0 Å². The summed E-state index contributed by atoms with van der Waals surface area (Å²) in [7, 11) is 0. The van der Waals surface area contributed by atoms with E-state index in [2.05, 4.69) is 5.32 Å². The van der Waals surface area contributed by atoms with E-state index in [-0.39, 0.29) is 11.9 Å². The van der Waals surface area contributed by atoms with Crippen molar-refractivity contribution >= 4 is 0 Å². The molecule has 0 aliphatic carbocycles. The van der Waals surface area contributed by atoms with Crippen LogP contribution in [-0.2, 0) is 0 Å². The predicted molar refractivity (Wildman–Crippen MR) is 52.9 cm³/mol. The van der Waals surface area contributed by atoms with Crippen molar-refractivity contribution in [1.29, 1.82) is 0 Å². The minimum absolute atomic E-state index is 0.0138. The van der Waals surface area contributed by atoms with Crippen LogP contribution in [0.4, 0.5) is 8.78 Å². The molecule has 0 spiro atoms. The van der Waals surface area contributed by atoms with Gasteiger partial charge in [0.2, 0.25) is 0 Å². The summed E-state index contributed by atoms with van der Waals surface area (Å²) in [5.41, 5.74) is 0. The molecule has 1 aromatic carbocycles. The minimum atomic E-state index is -0.603. The van der Waals surface area contributed by atoms with Crippen molar-refractivity contribution in [2.24, 2.45) is 0 Å². The van der Waals surface area contributed by atoms with Crippen LogP contribution in [0.25, 0.3) is 0 Å². The Morgan fingerprint density at radius 2 is 1.93 bits per heavy atom. The van der Waals surface area contributed by atoms with E-state index < -0.39 is 11.6 Å². The highest BCUT2D eigenvalue weighted by atomic mass is 19.1. The second-order valence-corrected chi connectivity index (χ2v) is 3.69. The molecule has 4 heteroatoms. The first-order valence-corrected chi connectivity index (χ1v) is 5.07. The lowest BCUT2D eigenvalue weighted by atomic mass is 10.1. The molecule has 1 aliphatic rings. The van der Waals surface area contributed by atoms with Gasteiger partial charge in [0, 0.05) is 24.7 Å². The summed E-state index contributed by atoms with van der Waals surface area (Å²) in [6.07, 6.45) is 1.97. The summed E-state index contributed by atoms with van der Waals surface area (Å²) in [6.45, 7) is 1.72. The number of hydrogen-bond donors (Lipinski definition) is 1. The van der Waals surface area contributed by atoms with E-state index >= 15 is 0 Å². The van der Waals surface area contributed by atoms with Crippen molar-refractivity contribution < 1.29 is 13.5 Å². The molecule has 1 N–H and O–H groups in total. The molecule has 0 bridgehead atoms. The molecule has 0 radical (unpaired) electrons. The number of hydrogen-bond acceptors (Lipinski definition) is 2. The molecule has 15 heavy (non-hydrogen) atoms. The maximum Gasteiger partial charge on any atom is 0.129 e. The van der Waals surface area contributed by atoms with Crippen LogP contribution in [0, 0.1) is 11.6 Å². The molecular weight excluding hydrogens is 200 g/mol. The average Bonchev–Trinajstić information content (AvgIpc) is 2.17. The number of halogens is 2. The third-order valence-corrected chi connectivity index (χ3v) is 2.39. The maximum atomic E-state index is 12.8. The monoisotopic (exact) mass is 213 g/mol. The normalized spacial score (nSPS) is 21.3. The van der Waals surface area contributed by atoms with Crippen LogP contribution in [-0.4, -0.2) is 19.2 Å². The van der Waals surface area contributed by atoms with Gasteiger partial charge in [-0.2, -0.15) is 0 Å². The van der Waals surface area contributed by atoms with Gasteiger partial charge in [0.15, 0.2) is 0 Å². The van der Waals surface area contributed by atoms with Crippen molar-refractivity contribution in [2.45, 2.75) is 18.9 Å². The Balaban J connectivity index is 2.02. The van der Waals surface area contributed by atoms with Gasteiger partial charge in [-0.3, -0.25) is 0 Å². The first-order chi connectivity index (χ1) is 7.24. The fourth-order valence-electron chi connectivity index (χ4n) is 1.71. The van der Waals surface area contributed by atoms with Gasteiger partial charge in [-0.05, 0) is 19.4 Å². The van der Waals surface area contributed by atoms with Gasteiger partial charge < -0.3 is 10.1 Å². The fraction of sp³-hybridized carbons (Fsp3) is 0.455. The molecule has 1 heterocycles. The van der Waals surface area contributed by atoms with E-state index in [0.29, 0.717) is 0 Å². The van der Waals surface area contributed by atoms with E-state index in [1.807, 2.05) is 0 Å². The van der Waals surface area contributed by atoms with Gasteiger partial charge in [-0.25, -0.2) is 8.78 Å². The van der Waals surface area contributed by atoms with Gasteiger partial charge in [0.05, 0.1) is 0 Å². The van der Waals surface area contributed by atoms with Crippen LogP contribution in [0.2, 0.25) is 0 Å². The van der Waals surface area contributed by atoms with Crippen LogP contribution < -0.4 is 10.1 Å². The van der Waals surface area contributed by atoms with Crippen LogP contribution in [0.15, 0.2) is 18.2 Å². The van der Waals surface area contributed by atoms with Gasteiger partial charge in [0.1, 0.15) is 23.5 Å². The molecule has 0 amide bonds. The van der Waals surface area contributed by atoms with Crippen molar-refractivity contribution in [3.63, 3.8) is 0 Å². The molecule has 1 aromatic rings. The zero-order valence-electron chi connectivity index (χ0n) is 8.30. The number of rotatable bonds is 2. The van der Waals surface area contributed by atoms with Crippen molar-refractivity contribution in [2.75, 3.05) is 13.1 Å². The lowest BCUT2D eigenvalue weighted by Gasteiger charge is -2.23. The van der Waals surface area contributed by atoms with Crippen molar-refractivity contribution in [3.8, 4) is 5.75 Å². The number of ether oxygens (including phenoxy) is 1. The molecule has 2 rings (SSSR count). The minimum Gasteiger partial charge on any atom is -0.489 e. The second kappa shape index (κ2) is 4.57. The zero-order valence-corrected chi connectivity index (χ0v) is 8.30. The first kappa shape index (κ1) is 10.4. The Labute approximate surface area is 87.2 Å². The quantitative estimate of drug-likeness (QED) is 0.812. The summed E-state index contributed by atoms with van der Waals surface area (Å²) in [4.78, 5) is 0. The Morgan fingerprint density at radius 3 is 2.53 bits per heavy atom. The third kappa shape index (κ3) is 2.89. The topological polar surface area (TPSA) is 21.3 Å². The summed E-state index contributed by atoms with van der Waals surface area (Å²) < 4.78 is 31.2. The van der Waals surface area contributed by atoms with E-state index in [9.17, 15) is 8.78 Å². The summed E-state index contributed by atoms with van der Waals surface area (Å²) in [5.74, 6) is -0.941. The summed E-state index contributed by atoms with van der Waals surface area (Å²) >= 11 is 0. The number of piperidine rings is 1. The lowest BCUT2D eigenvalue weighted by molar-refractivity contribution is 0.166. The van der Waals surface area contributed by atoms with E-state index in [1.165, 1.54) is 12.1 Å². The second-order valence-electron chi connectivity index (χ2n) is 3.69. The molecule has 1 atom stereocenters. The van der Waals surface area contributed by atoms with Crippen molar-refractivity contribution in [3.05, 3.63) is 29.8 Å². The van der Waals surface area contributed by atoms with Crippen LogP contribution in [0.3, 0.4) is 0 Å². The maximum absolute atomic E-state index is 12.8. The number of nitrogens with one attached hydrogen (secondary N) is 1. The Bertz CT molecular complexity index is 317. The van der Waals surface area contributed by atoms with E-state index in [4.69, 9.17) is 4.74 Å². The molecule has 1 aliphatic heterocycles. The average molecular weight is 213 g/mol. The van der Waals surface area contributed by atoms with Gasteiger partial charge >= 0.3 is 0 Å². The van der Waals surface area contributed by atoms with Gasteiger partial charge in [-0.1, -0.05) is 0 Å². The highest BCUT2D eigenvalue weighted by Gasteiger charge is 2.14. The first-order valence-electron chi connectivity index (χ1n) is 5.07. The zero-order chi connectivity index (χ0) is 10.7. The SMILES string of the molecule is Fc1cc(F)cc(O[C@@H]2CCCNC2)c1. The molecule has 0 aromatic heterocycles. The van der Waals surface area contributed by atoms with Crippen LogP contribution in [0.1, 0.15) is 12.8 Å². The van der Waals surface area contributed by atoms with Crippen LogP contribution in [0.5, 0.6) is 5.75 Å². The Morgan fingerprint density at radius 1 is 1.20 bits per heavy atom. The molecule has 0 unspecified atom stereocenters. The Kier molecular flexibility index (Phi) is 3.16. The van der Waals surface area contributed by atoms with Gasteiger partial charge in [-0.15, -0.1) is 0 Å². The molecule has 82 valence electrons. The molecule has 1 saturated heterocycles. The largest absolute Gasteiger partial charge is 0.489 e. The number of benzene rings is 1. The lowest BCUT2D eigenvalue weighted by Crippen LogP contribution is -2.37. The Hall–Kier alpha value is -1.16. The van der Waals surface area contributed by atoms with E-state index in [0.717, 1.165) is 32.0 Å². The molecule has 1 fully saturated rings. The third-order valence-electron chi connectivity index (χ3n) is 2.39. The summed E-state index contributed by atoms with van der Waals surface area (Å²) in [5, 5.41) is 3.17. The predicted octanol–water partition coefficient (Wildman–Crippen LogP) is 2.10.